The maximum atomic E-state index is 12.3. The largest absolute Gasteiger partial charge is 0.354 e. The molecule has 1 N–H and O–H groups in total. The van der Waals surface area contributed by atoms with Crippen LogP contribution in [0, 0.1) is 0 Å². The van der Waals surface area contributed by atoms with Crippen molar-refractivity contribution in [3.63, 3.8) is 0 Å². The number of carbonyl (C=O) groups is 1. The van der Waals surface area contributed by atoms with Crippen LogP contribution < -0.4 is 10.9 Å². The molecular formula is C17H24N4O2. The molecule has 6 heteroatoms. The minimum absolute atomic E-state index is 0.0991. The molecule has 0 spiro atoms. The van der Waals surface area contributed by atoms with Gasteiger partial charge < -0.3 is 5.32 Å². The Morgan fingerprint density at radius 3 is 2.83 bits per heavy atom. The number of aromatic nitrogens is 3. The first-order valence-corrected chi connectivity index (χ1v) is 8.23. The van der Waals surface area contributed by atoms with Gasteiger partial charge in [-0.05, 0) is 38.3 Å². The first kappa shape index (κ1) is 17.1. The van der Waals surface area contributed by atoms with Crippen molar-refractivity contribution < 1.29 is 4.79 Å². The lowest BCUT2D eigenvalue weighted by atomic mass is 10.1. The Labute approximate surface area is 135 Å². The molecule has 0 saturated heterocycles. The van der Waals surface area contributed by atoms with Crippen LogP contribution in [0.15, 0.2) is 29.1 Å². The smallest absolute Gasteiger partial charge is 0.277 e. The Morgan fingerprint density at radius 2 is 2.04 bits per heavy atom. The first-order valence-electron chi connectivity index (χ1n) is 8.23. The highest BCUT2D eigenvalue weighted by Crippen LogP contribution is 2.05. The second kappa shape index (κ2) is 8.41. The molecule has 1 aromatic heterocycles. The van der Waals surface area contributed by atoms with Crippen LogP contribution in [0.3, 0.4) is 0 Å². The molecule has 0 saturated carbocycles. The van der Waals surface area contributed by atoms with Gasteiger partial charge >= 0.3 is 0 Å². The third-order valence-corrected chi connectivity index (χ3v) is 3.92. The molecule has 0 aliphatic rings. The zero-order valence-corrected chi connectivity index (χ0v) is 13.8. The van der Waals surface area contributed by atoms with Crippen LogP contribution in [0.4, 0.5) is 0 Å². The maximum Gasteiger partial charge on any atom is 0.277 e. The average molecular weight is 316 g/mol. The van der Waals surface area contributed by atoms with Gasteiger partial charge in [0.15, 0.2) is 0 Å². The van der Waals surface area contributed by atoms with Crippen LogP contribution in [-0.2, 0) is 11.3 Å². The van der Waals surface area contributed by atoms with Crippen LogP contribution in [-0.4, -0.2) is 26.9 Å². The van der Waals surface area contributed by atoms with E-state index >= 15 is 0 Å². The van der Waals surface area contributed by atoms with Gasteiger partial charge in [-0.25, -0.2) is 4.68 Å². The number of nitrogens with one attached hydrogen (secondary N) is 1. The molecule has 0 aliphatic heterocycles. The van der Waals surface area contributed by atoms with Crippen molar-refractivity contribution >= 4 is 16.8 Å². The van der Waals surface area contributed by atoms with Crippen LogP contribution in [0.2, 0.25) is 0 Å². The van der Waals surface area contributed by atoms with Crippen LogP contribution in [0.1, 0.15) is 46.0 Å². The van der Waals surface area contributed by atoms with Gasteiger partial charge in [0.2, 0.25) is 5.91 Å². The van der Waals surface area contributed by atoms with Crippen LogP contribution >= 0.6 is 0 Å². The van der Waals surface area contributed by atoms with Gasteiger partial charge in [0.25, 0.3) is 5.56 Å². The molecule has 0 fully saturated rings. The van der Waals surface area contributed by atoms with E-state index in [1.165, 1.54) is 4.68 Å². The fraction of sp³-hybridized carbons (Fsp3) is 0.529. The van der Waals surface area contributed by atoms with Crippen molar-refractivity contribution in [3.05, 3.63) is 34.6 Å². The van der Waals surface area contributed by atoms with E-state index < -0.39 is 0 Å². The maximum absolute atomic E-state index is 12.3. The van der Waals surface area contributed by atoms with Gasteiger partial charge in [0.05, 0.1) is 5.39 Å². The highest BCUT2D eigenvalue weighted by molar-refractivity contribution is 5.76. The monoisotopic (exact) mass is 316 g/mol. The predicted octanol–water partition coefficient (Wildman–Crippen LogP) is 2.27. The Balaban J connectivity index is 1.78. The van der Waals surface area contributed by atoms with Crippen molar-refractivity contribution in [2.75, 3.05) is 0 Å². The van der Waals surface area contributed by atoms with Crippen molar-refractivity contribution in [1.82, 2.24) is 20.3 Å². The average Bonchev–Trinajstić information content (AvgIpc) is 2.56. The van der Waals surface area contributed by atoms with E-state index in [4.69, 9.17) is 0 Å². The van der Waals surface area contributed by atoms with Crippen LogP contribution in [0.5, 0.6) is 0 Å². The van der Waals surface area contributed by atoms with Gasteiger partial charge in [-0.2, -0.15) is 0 Å². The summed E-state index contributed by atoms with van der Waals surface area (Å²) in [5.41, 5.74) is 0.514. The van der Waals surface area contributed by atoms with Crippen molar-refractivity contribution in [1.29, 1.82) is 0 Å². The Kier molecular flexibility index (Phi) is 6.26. The number of rotatable bonds is 8. The lowest BCUT2D eigenvalue weighted by Gasteiger charge is -2.11. The third kappa shape index (κ3) is 4.87. The summed E-state index contributed by atoms with van der Waals surface area (Å²) in [5.74, 6) is 0.0991. The Bertz CT molecular complexity index is 711. The van der Waals surface area contributed by atoms with Gasteiger partial charge in [-0.3, -0.25) is 9.59 Å². The SMILES string of the molecule is CC[C@H](C)NC(=O)CCCCCn1nnc2ccccc2c1=O. The number of hydrogen-bond acceptors (Lipinski definition) is 4. The Hall–Kier alpha value is -2.24. The number of fused-ring (bicyclic) bond motifs is 1. The molecule has 6 nitrogen and oxygen atoms in total. The van der Waals surface area contributed by atoms with Gasteiger partial charge in [0, 0.05) is 19.0 Å². The van der Waals surface area contributed by atoms with Crippen molar-refractivity contribution in [2.45, 2.75) is 58.5 Å². The highest BCUT2D eigenvalue weighted by atomic mass is 16.1. The van der Waals surface area contributed by atoms with E-state index in [0.29, 0.717) is 23.9 Å². The number of carbonyl (C=O) groups excluding carboxylic acids is 1. The zero-order valence-electron chi connectivity index (χ0n) is 13.8. The summed E-state index contributed by atoms with van der Waals surface area (Å²) >= 11 is 0. The molecule has 2 aromatic rings. The molecule has 1 heterocycles. The molecule has 23 heavy (non-hydrogen) atoms. The lowest BCUT2D eigenvalue weighted by molar-refractivity contribution is -0.121. The minimum atomic E-state index is -0.106. The minimum Gasteiger partial charge on any atom is -0.354 e. The molecule has 1 aromatic carbocycles. The van der Waals surface area contributed by atoms with E-state index in [2.05, 4.69) is 15.6 Å². The summed E-state index contributed by atoms with van der Waals surface area (Å²) in [5, 5.41) is 11.6. The van der Waals surface area contributed by atoms with E-state index in [1.807, 2.05) is 26.0 Å². The summed E-state index contributed by atoms with van der Waals surface area (Å²) in [7, 11) is 0. The lowest BCUT2D eigenvalue weighted by Crippen LogP contribution is -2.31. The number of hydrogen-bond donors (Lipinski definition) is 1. The van der Waals surface area contributed by atoms with E-state index in [-0.39, 0.29) is 17.5 Å². The summed E-state index contributed by atoms with van der Waals surface area (Å²) < 4.78 is 1.40. The summed E-state index contributed by atoms with van der Waals surface area (Å²) in [6, 6.07) is 7.44. The van der Waals surface area contributed by atoms with Gasteiger partial charge in [-0.1, -0.05) is 30.7 Å². The number of amides is 1. The van der Waals surface area contributed by atoms with E-state index in [0.717, 1.165) is 25.7 Å². The van der Waals surface area contributed by atoms with E-state index in [9.17, 15) is 9.59 Å². The molecule has 1 atom stereocenters. The summed E-state index contributed by atoms with van der Waals surface area (Å²) in [6.45, 7) is 4.58. The predicted molar refractivity (Wildman–Crippen MR) is 90.2 cm³/mol. The molecular weight excluding hydrogens is 292 g/mol. The zero-order chi connectivity index (χ0) is 16.7. The fourth-order valence-corrected chi connectivity index (χ4v) is 2.34. The summed E-state index contributed by atoms with van der Waals surface area (Å²) in [6.07, 6.45) is 3.98. The fourth-order valence-electron chi connectivity index (χ4n) is 2.34. The Morgan fingerprint density at radius 1 is 1.26 bits per heavy atom. The highest BCUT2D eigenvalue weighted by Gasteiger charge is 2.06. The van der Waals surface area contributed by atoms with Gasteiger partial charge in [-0.15, -0.1) is 5.10 Å². The standard InChI is InChI=1S/C17H24N4O2/c1-3-13(2)18-16(22)11-5-4-8-12-21-17(23)14-9-6-7-10-15(14)19-20-21/h6-7,9-10,13H,3-5,8,11-12H2,1-2H3,(H,18,22)/t13-/m0/s1. The van der Waals surface area contributed by atoms with Gasteiger partial charge in [0.1, 0.15) is 5.52 Å². The third-order valence-electron chi connectivity index (χ3n) is 3.92. The summed E-state index contributed by atoms with van der Waals surface area (Å²) in [4.78, 5) is 23.9. The number of benzene rings is 1. The molecule has 0 bridgehead atoms. The van der Waals surface area contributed by atoms with Crippen molar-refractivity contribution in [2.24, 2.45) is 0 Å². The molecule has 2 rings (SSSR count). The normalized spacial score (nSPS) is 12.3. The number of aryl methyl sites for hydroxylation is 1. The number of nitrogens with zero attached hydrogens (tertiary/aromatic N) is 3. The molecule has 0 aliphatic carbocycles. The van der Waals surface area contributed by atoms with E-state index in [1.54, 1.807) is 12.1 Å². The number of unbranched alkanes of at least 4 members (excludes halogenated alkanes) is 2. The quantitative estimate of drug-likeness (QED) is 0.758. The van der Waals surface area contributed by atoms with Crippen LogP contribution in [0.25, 0.3) is 10.9 Å². The first-order chi connectivity index (χ1) is 11.1. The topological polar surface area (TPSA) is 76.9 Å². The second-order valence-electron chi connectivity index (χ2n) is 5.82. The molecule has 0 unspecified atom stereocenters. The molecule has 124 valence electrons. The van der Waals surface area contributed by atoms with Crippen molar-refractivity contribution in [3.8, 4) is 0 Å². The second-order valence-corrected chi connectivity index (χ2v) is 5.82. The molecule has 0 radical (unpaired) electrons. The molecule has 1 amide bonds.